The number of rotatable bonds is 4. The summed E-state index contributed by atoms with van der Waals surface area (Å²) in [5, 5.41) is 8.98. The third-order valence-electron chi connectivity index (χ3n) is 3.23. The van der Waals surface area contributed by atoms with Crippen molar-refractivity contribution >= 4 is 11.9 Å². The van der Waals surface area contributed by atoms with Gasteiger partial charge in [-0.15, -0.1) is 0 Å². The SMILES string of the molecule is CCC(C(=O)O)N(C)C(=O)[C@H]1CCN(C)C1. The number of carboxylic acids is 1. The van der Waals surface area contributed by atoms with Crippen LogP contribution >= 0.6 is 0 Å². The molecule has 0 aromatic heterocycles. The predicted octanol–water partition coefficient (Wildman–Crippen LogP) is 0.260. The molecule has 1 heterocycles. The van der Waals surface area contributed by atoms with Crippen LogP contribution in [0.15, 0.2) is 0 Å². The van der Waals surface area contributed by atoms with Gasteiger partial charge in [-0.2, -0.15) is 0 Å². The van der Waals surface area contributed by atoms with Crippen LogP contribution in [0.5, 0.6) is 0 Å². The van der Waals surface area contributed by atoms with Gasteiger partial charge in [0.25, 0.3) is 0 Å². The second kappa shape index (κ2) is 5.30. The van der Waals surface area contributed by atoms with E-state index in [-0.39, 0.29) is 11.8 Å². The number of nitrogens with zero attached hydrogens (tertiary/aromatic N) is 2. The second-order valence-electron chi connectivity index (χ2n) is 4.46. The van der Waals surface area contributed by atoms with Crippen molar-refractivity contribution < 1.29 is 14.7 Å². The average Bonchev–Trinajstić information content (AvgIpc) is 2.64. The predicted molar refractivity (Wildman–Crippen MR) is 60.1 cm³/mol. The maximum Gasteiger partial charge on any atom is 0.326 e. The van der Waals surface area contributed by atoms with Crippen LogP contribution in [0.1, 0.15) is 19.8 Å². The summed E-state index contributed by atoms with van der Waals surface area (Å²) >= 11 is 0. The van der Waals surface area contributed by atoms with Crippen LogP contribution in [-0.2, 0) is 9.59 Å². The van der Waals surface area contributed by atoms with E-state index in [2.05, 4.69) is 4.90 Å². The summed E-state index contributed by atoms with van der Waals surface area (Å²) in [4.78, 5) is 26.5. The number of likely N-dealkylation sites (N-methyl/N-ethyl adjacent to an activating group) is 1. The highest BCUT2D eigenvalue weighted by atomic mass is 16.4. The van der Waals surface area contributed by atoms with Crippen LogP contribution in [0.4, 0.5) is 0 Å². The number of hydrogen-bond donors (Lipinski definition) is 1. The van der Waals surface area contributed by atoms with Crippen LogP contribution in [0.3, 0.4) is 0 Å². The largest absolute Gasteiger partial charge is 0.480 e. The fraction of sp³-hybridized carbons (Fsp3) is 0.818. The van der Waals surface area contributed by atoms with Gasteiger partial charge in [-0.25, -0.2) is 4.79 Å². The Balaban J connectivity index is 2.62. The monoisotopic (exact) mass is 228 g/mol. The minimum Gasteiger partial charge on any atom is -0.480 e. The van der Waals surface area contributed by atoms with Gasteiger partial charge in [0, 0.05) is 13.6 Å². The molecule has 0 radical (unpaired) electrons. The molecule has 0 aromatic rings. The van der Waals surface area contributed by atoms with Gasteiger partial charge in [0.15, 0.2) is 0 Å². The summed E-state index contributed by atoms with van der Waals surface area (Å²) < 4.78 is 0. The molecule has 1 saturated heterocycles. The Morgan fingerprint density at radius 3 is 2.56 bits per heavy atom. The van der Waals surface area contributed by atoms with Gasteiger partial charge in [0.05, 0.1) is 5.92 Å². The molecule has 2 atom stereocenters. The highest BCUT2D eigenvalue weighted by Gasteiger charge is 2.32. The maximum atomic E-state index is 12.0. The second-order valence-corrected chi connectivity index (χ2v) is 4.46. The van der Waals surface area contributed by atoms with Crippen molar-refractivity contribution in [2.45, 2.75) is 25.8 Å². The van der Waals surface area contributed by atoms with Gasteiger partial charge >= 0.3 is 5.97 Å². The van der Waals surface area contributed by atoms with Gasteiger partial charge in [0.2, 0.25) is 5.91 Å². The number of aliphatic carboxylic acids is 1. The number of carbonyl (C=O) groups is 2. The van der Waals surface area contributed by atoms with Crippen molar-refractivity contribution in [2.24, 2.45) is 5.92 Å². The molecule has 1 amide bonds. The zero-order chi connectivity index (χ0) is 12.3. The fourth-order valence-electron chi connectivity index (χ4n) is 2.19. The number of amides is 1. The van der Waals surface area contributed by atoms with Crippen LogP contribution in [-0.4, -0.2) is 60.0 Å². The Bertz CT molecular complexity index is 280. The molecule has 0 aliphatic carbocycles. The molecular weight excluding hydrogens is 208 g/mol. The Kier molecular flexibility index (Phi) is 4.29. The summed E-state index contributed by atoms with van der Waals surface area (Å²) in [5.74, 6) is -1.01. The molecule has 0 spiro atoms. The number of likely N-dealkylation sites (tertiary alicyclic amines) is 1. The smallest absolute Gasteiger partial charge is 0.326 e. The van der Waals surface area contributed by atoms with Gasteiger partial charge < -0.3 is 14.9 Å². The van der Waals surface area contributed by atoms with Crippen molar-refractivity contribution in [3.63, 3.8) is 0 Å². The van der Waals surface area contributed by atoms with Crippen LogP contribution < -0.4 is 0 Å². The van der Waals surface area contributed by atoms with Gasteiger partial charge in [-0.05, 0) is 26.4 Å². The van der Waals surface area contributed by atoms with E-state index in [0.29, 0.717) is 6.42 Å². The average molecular weight is 228 g/mol. The lowest BCUT2D eigenvalue weighted by atomic mass is 10.1. The lowest BCUT2D eigenvalue weighted by Crippen LogP contribution is -2.45. The first-order valence-electron chi connectivity index (χ1n) is 5.65. The van der Waals surface area contributed by atoms with Crippen molar-refractivity contribution in [2.75, 3.05) is 27.2 Å². The van der Waals surface area contributed by atoms with Crippen LogP contribution in [0.2, 0.25) is 0 Å². The normalized spacial score (nSPS) is 23.1. The summed E-state index contributed by atoms with van der Waals surface area (Å²) in [6.07, 6.45) is 1.27. The molecule has 1 unspecified atom stereocenters. The molecule has 0 saturated carbocycles. The van der Waals surface area contributed by atoms with Crippen molar-refractivity contribution in [3.05, 3.63) is 0 Å². The third kappa shape index (κ3) is 2.72. The molecule has 1 aliphatic heterocycles. The summed E-state index contributed by atoms with van der Waals surface area (Å²) in [6, 6.07) is -0.696. The Morgan fingerprint density at radius 1 is 1.56 bits per heavy atom. The lowest BCUT2D eigenvalue weighted by Gasteiger charge is -2.26. The molecule has 16 heavy (non-hydrogen) atoms. The first kappa shape index (κ1) is 13.0. The Hall–Kier alpha value is -1.10. The van der Waals surface area contributed by atoms with Crippen LogP contribution in [0, 0.1) is 5.92 Å². The molecule has 1 aliphatic rings. The highest BCUT2D eigenvalue weighted by molar-refractivity contribution is 5.85. The zero-order valence-corrected chi connectivity index (χ0v) is 10.1. The fourth-order valence-corrected chi connectivity index (χ4v) is 2.19. The minimum atomic E-state index is -0.926. The first-order valence-corrected chi connectivity index (χ1v) is 5.65. The Morgan fingerprint density at radius 2 is 2.19 bits per heavy atom. The van der Waals surface area contributed by atoms with E-state index in [4.69, 9.17) is 5.11 Å². The quantitative estimate of drug-likeness (QED) is 0.749. The van der Waals surface area contributed by atoms with Gasteiger partial charge in [-0.1, -0.05) is 6.92 Å². The van der Waals surface area contributed by atoms with Crippen molar-refractivity contribution in [3.8, 4) is 0 Å². The highest BCUT2D eigenvalue weighted by Crippen LogP contribution is 2.18. The first-order chi connectivity index (χ1) is 7.47. The molecule has 1 fully saturated rings. The number of hydrogen-bond acceptors (Lipinski definition) is 3. The topological polar surface area (TPSA) is 60.9 Å². The molecule has 0 bridgehead atoms. The van der Waals surface area contributed by atoms with E-state index in [9.17, 15) is 9.59 Å². The molecule has 1 rings (SSSR count). The molecule has 1 N–H and O–H groups in total. The van der Waals surface area contributed by atoms with Crippen molar-refractivity contribution in [1.82, 2.24) is 9.80 Å². The molecular formula is C11H20N2O3. The lowest BCUT2D eigenvalue weighted by molar-refractivity contribution is -0.150. The Labute approximate surface area is 96.0 Å². The summed E-state index contributed by atoms with van der Waals surface area (Å²) in [7, 11) is 3.56. The third-order valence-corrected chi connectivity index (χ3v) is 3.23. The molecule has 92 valence electrons. The number of carboxylic acid groups (broad SMARTS) is 1. The summed E-state index contributed by atoms with van der Waals surface area (Å²) in [5.41, 5.74) is 0. The maximum absolute atomic E-state index is 12.0. The van der Waals surface area contributed by atoms with E-state index >= 15 is 0 Å². The van der Waals surface area contributed by atoms with E-state index in [1.807, 2.05) is 7.05 Å². The molecule has 5 nitrogen and oxygen atoms in total. The van der Waals surface area contributed by atoms with Gasteiger partial charge in [0.1, 0.15) is 6.04 Å². The van der Waals surface area contributed by atoms with Crippen molar-refractivity contribution in [1.29, 1.82) is 0 Å². The van der Waals surface area contributed by atoms with E-state index in [1.54, 1.807) is 14.0 Å². The minimum absolute atomic E-state index is 0.0385. The molecule has 5 heteroatoms. The zero-order valence-electron chi connectivity index (χ0n) is 10.1. The van der Waals surface area contributed by atoms with E-state index in [0.717, 1.165) is 19.5 Å². The summed E-state index contributed by atoms with van der Waals surface area (Å²) in [6.45, 7) is 3.43. The molecule has 0 aromatic carbocycles. The van der Waals surface area contributed by atoms with Crippen LogP contribution in [0.25, 0.3) is 0 Å². The standard InChI is InChI=1S/C11H20N2O3/c1-4-9(11(15)16)13(3)10(14)8-5-6-12(2)7-8/h8-9H,4-7H2,1-3H3,(H,15,16)/t8-,9?/m0/s1. The van der Waals surface area contributed by atoms with Gasteiger partial charge in [-0.3, -0.25) is 4.79 Å². The van der Waals surface area contributed by atoms with E-state index < -0.39 is 12.0 Å². The number of carbonyl (C=O) groups excluding carboxylic acids is 1. The van der Waals surface area contributed by atoms with E-state index in [1.165, 1.54) is 4.90 Å².